The number of hydrogen-bond donors (Lipinski definition) is 1. The van der Waals surface area contributed by atoms with Crippen LogP contribution in [0.4, 0.5) is 0 Å². The summed E-state index contributed by atoms with van der Waals surface area (Å²) in [6.45, 7) is 9.24. The molecule has 1 N–H and O–H groups in total. The van der Waals surface area contributed by atoms with E-state index < -0.39 is 0 Å². The van der Waals surface area contributed by atoms with E-state index in [4.69, 9.17) is 4.74 Å². The van der Waals surface area contributed by atoms with Gasteiger partial charge in [0.15, 0.2) is 0 Å². The fourth-order valence-corrected chi connectivity index (χ4v) is 2.19. The van der Waals surface area contributed by atoms with Crippen LogP contribution in [0.1, 0.15) is 37.6 Å². The number of benzene rings is 1. The van der Waals surface area contributed by atoms with Gasteiger partial charge >= 0.3 is 0 Å². The number of para-hydroxylation sites is 1. The van der Waals surface area contributed by atoms with Crippen LogP contribution in [0.5, 0.6) is 11.6 Å². The Kier molecular flexibility index (Phi) is 5.34. The van der Waals surface area contributed by atoms with Crippen molar-refractivity contribution < 1.29 is 4.74 Å². The van der Waals surface area contributed by atoms with Crippen LogP contribution in [0.15, 0.2) is 36.4 Å². The van der Waals surface area contributed by atoms with E-state index in [0.717, 1.165) is 24.4 Å². The van der Waals surface area contributed by atoms with Gasteiger partial charge in [-0.25, -0.2) is 4.98 Å². The van der Waals surface area contributed by atoms with Gasteiger partial charge in [0.05, 0.1) is 0 Å². The van der Waals surface area contributed by atoms with Gasteiger partial charge in [0.25, 0.3) is 0 Å². The fourth-order valence-electron chi connectivity index (χ4n) is 2.19. The summed E-state index contributed by atoms with van der Waals surface area (Å²) in [5.74, 6) is 1.55. The highest BCUT2D eigenvalue weighted by Crippen LogP contribution is 2.25. The Morgan fingerprint density at radius 1 is 1.19 bits per heavy atom. The molecule has 0 radical (unpaired) electrons. The Morgan fingerprint density at radius 3 is 2.67 bits per heavy atom. The van der Waals surface area contributed by atoms with E-state index in [1.54, 1.807) is 0 Å². The normalized spacial score (nSPS) is 10.9. The minimum absolute atomic E-state index is 0.462. The average Bonchev–Trinajstić information content (AvgIpc) is 2.45. The molecular formula is C18H24N2O. The molecule has 0 saturated carbocycles. The summed E-state index contributed by atoms with van der Waals surface area (Å²) in [4.78, 5) is 4.48. The Hall–Kier alpha value is -1.87. The van der Waals surface area contributed by atoms with Crippen molar-refractivity contribution in [1.82, 2.24) is 10.3 Å². The molecule has 1 heterocycles. The molecule has 0 aliphatic rings. The van der Waals surface area contributed by atoms with Crippen molar-refractivity contribution in [2.45, 2.75) is 46.7 Å². The van der Waals surface area contributed by atoms with Gasteiger partial charge in [-0.3, -0.25) is 0 Å². The van der Waals surface area contributed by atoms with Crippen molar-refractivity contribution >= 4 is 0 Å². The van der Waals surface area contributed by atoms with E-state index in [1.165, 1.54) is 11.1 Å². The van der Waals surface area contributed by atoms with Crippen molar-refractivity contribution in [3.05, 3.63) is 53.2 Å². The number of aryl methyl sites for hydroxylation is 2. The maximum atomic E-state index is 5.99. The largest absolute Gasteiger partial charge is 0.439 e. The van der Waals surface area contributed by atoms with Crippen molar-refractivity contribution in [2.24, 2.45) is 0 Å². The molecule has 2 aromatic rings. The van der Waals surface area contributed by atoms with Gasteiger partial charge in [-0.15, -0.1) is 0 Å². The lowest BCUT2D eigenvalue weighted by atomic mass is 10.1. The molecule has 3 heteroatoms. The minimum atomic E-state index is 0.462. The molecule has 112 valence electrons. The number of hydrogen-bond acceptors (Lipinski definition) is 3. The van der Waals surface area contributed by atoms with E-state index in [9.17, 15) is 0 Å². The molecule has 0 amide bonds. The zero-order valence-corrected chi connectivity index (χ0v) is 13.3. The number of pyridine rings is 1. The number of rotatable bonds is 6. The molecule has 0 spiro atoms. The van der Waals surface area contributed by atoms with Crippen LogP contribution in [0.3, 0.4) is 0 Å². The highest BCUT2D eigenvalue weighted by atomic mass is 16.5. The third-order valence-corrected chi connectivity index (χ3v) is 3.27. The summed E-state index contributed by atoms with van der Waals surface area (Å²) < 4.78 is 5.99. The van der Waals surface area contributed by atoms with Crippen LogP contribution in [-0.4, -0.2) is 11.0 Å². The highest BCUT2D eigenvalue weighted by Gasteiger charge is 2.06. The van der Waals surface area contributed by atoms with Crippen LogP contribution in [-0.2, 0) is 13.0 Å². The smallest absolute Gasteiger partial charge is 0.219 e. The summed E-state index contributed by atoms with van der Waals surface area (Å²) in [6.07, 6.45) is 0.948. The zero-order valence-electron chi connectivity index (χ0n) is 13.3. The second-order valence-electron chi connectivity index (χ2n) is 5.55. The van der Waals surface area contributed by atoms with Crippen LogP contribution in [0.25, 0.3) is 0 Å². The third-order valence-electron chi connectivity index (χ3n) is 3.27. The van der Waals surface area contributed by atoms with E-state index in [0.29, 0.717) is 11.9 Å². The Labute approximate surface area is 127 Å². The van der Waals surface area contributed by atoms with Crippen LogP contribution in [0.2, 0.25) is 0 Å². The average molecular weight is 284 g/mol. The molecular weight excluding hydrogens is 260 g/mol. The molecule has 2 rings (SSSR count). The second kappa shape index (κ2) is 7.23. The molecule has 0 fully saturated rings. The standard InChI is InChI=1S/C18H24N2O/c1-5-16-8-6-7-9-17(16)21-18-11-15(10-14(4)20-18)12-19-13(2)3/h6-11,13,19H,5,12H2,1-4H3. The van der Waals surface area contributed by atoms with Gasteiger partial charge in [-0.1, -0.05) is 39.0 Å². The maximum absolute atomic E-state index is 5.99. The monoisotopic (exact) mass is 284 g/mol. The highest BCUT2D eigenvalue weighted by molar-refractivity contribution is 5.37. The van der Waals surface area contributed by atoms with Gasteiger partial charge in [0.2, 0.25) is 5.88 Å². The summed E-state index contributed by atoms with van der Waals surface area (Å²) in [5, 5.41) is 3.42. The number of ether oxygens (including phenoxy) is 1. The first-order chi connectivity index (χ1) is 10.1. The lowest BCUT2D eigenvalue weighted by molar-refractivity contribution is 0.454. The van der Waals surface area contributed by atoms with Crippen molar-refractivity contribution in [3.8, 4) is 11.6 Å². The van der Waals surface area contributed by atoms with E-state index in [-0.39, 0.29) is 0 Å². The maximum Gasteiger partial charge on any atom is 0.219 e. The lowest BCUT2D eigenvalue weighted by Gasteiger charge is -2.12. The summed E-state index contributed by atoms with van der Waals surface area (Å²) in [6, 6.07) is 12.7. The van der Waals surface area contributed by atoms with Gasteiger partial charge < -0.3 is 10.1 Å². The summed E-state index contributed by atoms with van der Waals surface area (Å²) in [5.41, 5.74) is 3.37. The van der Waals surface area contributed by atoms with Crippen molar-refractivity contribution in [2.75, 3.05) is 0 Å². The predicted octanol–water partition coefficient (Wildman–Crippen LogP) is 4.24. The zero-order chi connectivity index (χ0) is 15.2. The van der Waals surface area contributed by atoms with Gasteiger partial charge in [-0.2, -0.15) is 0 Å². The summed E-state index contributed by atoms with van der Waals surface area (Å²) in [7, 11) is 0. The van der Waals surface area contributed by atoms with Gasteiger partial charge in [0, 0.05) is 24.3 Å². The van der Waals surface area contributed by atoms with Gasteiger partial charge in [-0.05, 0) is 36.6 Å². The van der Waals surface area contributed by atoms with Crippen LogP contribution < -0.4 is 10.1 Å². The van der Waals surface area contributed by atoms with E-state index in [1.807, 2.05) is 31.2 Å². The molecule has 21 heavy (non-hydrogen) atoms. The predicted molar refractivity (Wildman–Crippen MR) is 86.8 cm³/mol. The fraction of sp³-hybridized carbons (Fsp3) is 0.389. The Bertz CT molecular complexity index is 594. The first-order valence-electron chi connectivity index (χ1n) is 7.55. The third kappa shape index (κ3) is 4.57. The molecule has 3 nitrogen and oxygen atoms in total. The topological polar surface area (TPSA) is 34.1 Å². The molecule has 0 saturated heterocycles. The van der Waals surface area contributed by atoms with Crippen LogP contribution >= 0.6 is 0 Å². The first kappa shape index (κ1) is 15.5. The molecule has 0 aliphatic carbocycles. The first-order valence-corrected chi connectivity index (χ1v) is 7.55. The SMILES string of the molecule is CCc1ccccc1Oc1cc(CNC(C)C)cc(C)n1. The molecule has 0 bridgehead atoms. The van der Waals surface area contributed by atoms with Crippen molar-refractivity contribution in [3.63, 3.8) is 0 Å². The second-order valence-corrected chi connectivity index (χ2v) is 5.55. The lowest BCUT2D eigenvalue weighted by Crippen LogP contribution is -2.21. The number of nitrogens with zero attached hydrogens (tertiary/aromatic N) is 1. The van der Waals surface area contributed by atoms with Gasteiger partial charge in [0.1, 0.15) is 5.75 Å². The molecule has 1 aromatic carbocycles. The molecule has 0 atom stereocenters. The quantitative estimate of drug-likeness (QED) is 0.861. The number of nitrogens with one attached hydrogen (secondary N) is 1. The molecule has 1 aromatic heterocycles. The minimum Gasteiger partial charge on any atom is -0.439 e. The Morgan fingerprint density at radius 2 is 1.95 bits per heavy atom. The molecule has 0 aliphatic heterocycles. The van der Waals surface area contributed by atoms with E-state index >= 15 is 0 Å². The van der Waals surface area contributed by atoms with E-state index in [2.05, 4.69) is 43.2 Å². The Balaban J connectivity index is 2.19. The number of aromatic nitrogens is 1. The van der Waals surface area contributed by atoms with Crippen LogP contribution in [0, 0.1) is 6.92 Å². The van der Waals surface area contributed by atoms with Crippen molar-refractivity contribution in [1.29, 1.82) is 0 Å². The molecule has 0 unspecified atom stereocenters. The summed E-state index contributed by atoms with van der Waals surface area (Å²) >= 11 is 0.